The molecule has 1 unspecified atom stereocenters. The van der Waals surface area contributed by atoms with E-state index in [0.29, 0.717) is 18.9 Å². The van der Waals surface area contributed by atoms with E-state index in [-0.39, 0.29) is 12.3 Å². The van der Waals surface area contributed by atoms with Crippen LogP contribution in [0.4, 0.5) is 4.79 Å². The van der Waals surface area contributed by atoms with Crippen molar-refractivity contribution >= 4 is 12.1 Å². The molecule has 0 aliphatic carbocycles. The first-order valence-corrected chi connectivity index (χ1v) is 7.56. The van der Waals surface area contributed by atoms with Crippen LogP contribution in [0.2, 0.25) is 0 Å². The summed E-state index contributed by atoms with van der Waals surface area (Å²) in [5.41, 5.74) is 0.214. The molecular formula is C17H25NO5. The SMILES string of the molecule is CC(CNC(=O)OC(C)(C)C)COc1ccc(CC(=O)O)cc1. The molecule has 0 saturated carbocycles. The van der Waals surface area contributed by atoms with Crippen molar-refractivity contribution in [2.45, 2.75) is 39.7 Å². The van der Waals surface area contributed by atoms with E-state index in [1.807, 2.05) is 27.7 Å². The van der Waals surface area contributed by atoms with Gasteiger partial charge in [0.2, 0.25) is 0 Å². The van der Waals surface area contributed by atoms with Gasteiger partial charge in [-0.1, -0.05) is 19.1 Å². The smallest absolute Gasteiger partial charge is 0.407 e. The highest BCUT2D eigenvalue weighted by Gasteiger charge is 2.16. The van der Waals surface area contributed by atoms with E-state index in [1.165, 1.54) is 0 Å². The highest BCUT2D eigenvalue weighted by molar-refractivity contribution is 5.70. The van der Waals surface area contributed by atoms with Crippen LogP contribution in [0.25, 0.3) is 0 Å². The maximum absolute atomic E-state index is 11.5. The Bertz CT molecular complexity index is 519. The molecule has 0 radical (unpaired) electrons. The second kappa shape index (κ2) is 8.41. The van der Waals surface area contributed by atoms with Gasteiger partial charge in [-0.25, -0.2) is 4.79 Å². The third-order valence-electron chi connectivity index (χ3n) is 2.81. The molecule has 23 heavy (non-hydrogen) atoms. The Labute approximate surface area is 136 Å². The van der Waals surface area contributed by atoms with Crippen LogP contribution < -0.4 is 10.1 Å². The molecule has 1 atom stereocenters. The van der Waals surface area contributed by atoms with Gasteiger partial charge in [-0.05, 0) is 38.5 Å². The van der Waals surface area contributed by atoms with Gasteiger partial charge in [0.25, 0.3) is 0 Å². The molecular weight excluding hydrogens is 298 g/mol. The van der Waals surface area contributed by atoms with Crippen molar-refractivity contribution < 1.29 is 24.2 Å². The van der Waals surface area contributed by atoms with Crippen molar-refractivity contribution in [3.05, 3.63) is 29.8 Å². The van der Waals surface area contributed by atoms with Crippen molar-refractivity contribution in [3.63, 3.8) is 0 Å². The van der Waals surface area contributed by atoms with Crippen LogP contribution in [-0.2, 0) is 16.0 Å². The number of aliphatic carboxylic acids is 1. The maximum atomic E-state index is 11.5. The van der Waals surface area contributed by atoms with Gasteiger partial charge in [0, 0.05) is 12.5 Å². The van der Waals surface area contributed by atoms with Crippen molar-refractivity contribution in [3.8, 4) is 5.75 Å². The quantitative estimate of drug-likeness (QED) is 0.806. The number of carboxylic acid groups (broad SMARTS) is 1. The largest absolute Gasteiger partial charge is 0.493 e. The lowest BCUT2D eigenvalue weighted by molar-refractivity contribution is -0.136. The Kier molecular flexibility index (Phi) is 6.88. The van der Waals surface area contributed by atoms with E-state index in [2.05, 4.69) is 5.32 Å². The van der Waals surface area contributed by atoms with E-state index in [1.54, 1.807) is 24.3 Å². The topological polar surface area (TPSA) is 84.9 Å². The number of nitrogens with one attached hydrogen (secondary N) is 1. The summed E-state index contributed by atoms with van der Waals surface area (Å²) < 4.78 is 10.8. The summed E-state index contributed by atoms with van der Waals surface area (Å²) in [5, 5.41) is 11.4. The number of ether oxygens (including phenoxy) is 2. The third kappa shape index (κ3) is 8.70. The van der Waals surface area contributed by atoms with Gasteiger partial charge in [-0.3, -0.25) is 4.79 Å². The number of rotatable bonds is 7. The molecule has 6 nitrogen and oxygen atoms in total. The van der Waals surface area contributed by atoms with Crippen LogP contribution >= 0.6 is 0 Å². The first kappa shape index (κ1) is 18.8. The summed E-state index contributed by atoms with van der Waals surface area (Å²) in [7, 11) is 0. The minimum atomic E-state index is -0.861. The lowest BCUT2D eigenvalue weighted by Gasteiger charge is -2.21. The van der Waals surface area contributed by atoms with Crippen LogP contribution in [0, 0.1) is 5.92 Å². The van der Waals surface area contributed by atoms with Gasteiger partial charge in [0.05, 0.1) is 13.0 Å². The molecule has 0 aliphatic rings. The Morgan fingerprint density at radius 3 is 2.35 bits per heavy atom. The van der Waals surface area contributed by atoms with Gasteiger partial charge in [-0.15, -0.1) is 0 Å². The molecule has 0 saturated heterocycles. The number of amides is 1. The number of hydrogen-bond acceptors (Lipinski definition) is 4. The van der Waals surface area contributed by atoms with Gasteiger partial charge in [0.15, 0.2) is 0 Å². The number of carbonyl (C=O) groups is 2. The first-order chi connectivity index (χ1) is 10.7. The molecule has 0 spiro atoms. The van der Waals surface area contributed by atoms with Crippen molar-refractivity contribution in [2.24, 2.45) is 5.92 Å². The average Bonchev–Trinajstić information content (AvgIpc) is 2.42. The van der Waals surface area contributed by atoms with E-state index in [4.69, 9.17) is 14.6 Å². The molecule has 0 heterocycles. The Morgan fingerprint density at radius 2 is 1.83 bits per heavy atom. The lowest BCUT2D eigenvalue weighted by Crippen LogP contribution is -2.35. The van der Waals surface area contributed by atoms with Gasteiger partial charge in [0.1, 0.15) is 11.4 Å². The molecule has 2 N–H and O–H groups in total. The monoisotopic (exact) mass is 323 g/mol. The minimum Gasteiger partial charge on any atom is -0.493 e. The van der Waals surface area contributed by atoms with Crippen LogP contribution in [0.5, 0.6) is 5.75 Å². The molecule has 6 heteroatoms. The van der Waals surface area contributed by atoms with Crippen LogP contribution in [-0.4, -0.2) is 35.9 Å². The molecule has 1 aromatic carbocycles. The van der Waals surface area contributed by atoms with Crippen LogP contribution in [0.1, 0.15) is 33.3 Å². The van der Waals surface area contributed by atoms with Crippen LogP contribution in [0.3, 0.4) is 0 Å². The molecule has 1 aromatic rings. The predicted molar refractivity (Wildman–Crippen MR) is 86.7 cm³/mol. The highest BCUT2D eigenvalue weighted by Crippen LogP contribution is 2.14. The average molecular weight is 323 g/mol. The summed E-state index contributed by atoms with van der Waals surface area (Å²) >= 11 is 0. The maximum Gasteiger partial charge on any atom is 0.407 e. The zero-order valence-electron chi connectivity index (χ0n) is 14.1. The number of benzene rings is 1. The summed E-state index contributed by atoms with van der Waals surface area (Å²) in [6.45, 7) is 8.28. The van der Waals surface area contributed by atoms with Crippen molar-refractivity contribution in [1.82, 2.24) is 5.32 Å². The zero-order chi connectivity index (χ0) is 17.5. The number of hydrogen-bond donors (Lipinski definition) is 2. The molecule has 0 bridgehead atoms. The van der Waals surface area contributed by atoms with E-state index in [0.717, 1.165) is 5.56 Å². The standard InChI is InChI=1S/C17H25NO5/c1-12(10-18-16(21)23-17(2,3)4)11-22-14-7-5-13(6-8-14)9-15(19)20/h5-8,12H,9-11H2,1-4H3,(H,18,21)(H,19,20). The summed E-state index contributed by atoms with van der Waals surface area (Å²) in [6.07, 6.45) is -0.446. The Balaban J connectivity index is 2.31. The predicted octanol–water partition coefficient (Wildman–Crippen LogP) is 2.85. The first-order valence-electron chi connectivity index (χ1n) is 7.56. The second-order valence-corrected chi connectivity index (χ2v) is 6.51. The summed E-state index contributed by atoms with van der Waals surface area (Å²) in [6, 6.07) is 6.94. The zero-order valence-corrected chi connectivity index (χ0v) is 14.1. The normalized spacial score (nSPS) is 12.3. The fraction of sp³-hybridized carbons (Fsp3) is 0.529. The lowest BCUT2D eigenvalue weighted by atomic mass is 10.1. The fourth-order valence-electron chi connectivity index (χ4n) is 1.75. The van der Waals surface area contributed by atoms with E-state index < -0.39 is 17.7 Å². The summed E-state index contributed by atoms with van der Waals surface area (Å²) in [4.78, 5) is 22.1. The van der Waals surface area contributed by atoms with Gasteiger partial charge in [-0.2, -0.15) is 0 Å². The van der Waals surface area contributed by atoms with Crippen molar-refractivity contribution in [1.29, 1.82) is 0 Å². The molecule has 0 aliphatic heterocycles. The fourth-order valence-corrected chi connectivity index (χ4v) is 1.75. The number of alkyl carbamates (subject to hydrolysis) is 1. The van der Waals surface area contributed by atoms with Gasteiger partial charge < -0.3 is 19.9 Å². The molecule has 128 valence electrons. The van der Waals surface area contributed by atoms with E-state index in [9.17, 15) is 9.59 Å². The van der Waals surface area contributed by atoms with Gasteiger partial charge >= 0.3 is 12.1 Å². The highest BCUT2D eigenvalue weighted by atomic mass is 16.6. The third-order valence-corrected chi connectivity index (χ3v) is 2.81. The molecule has 0 aromatic heterocycles. The minimum absolute atomic E-state index is 0.00348. The Hall–Kier alpha value is -2.24. The Morgan fingerprint density at radius 1 is 1.22 bits per heavy atom. The molecule has 1 rings (SSSR count). The second-order valence-electron chi connectivity index (χ2n) is 6.51. The molecule has 1 amide bonds. The molecule has 0 fully saturated rings. The van der Waals surface area contributed by atoms with E-state index >= 15 is 0 Å². The van der Waals surface area contributed by atoms with Crippen LogP contribution in [0.15, 0.2) is 24.3 Å². The number of carboxylic acids is 1. The van der Waals surface area contributed by atoms with Crippen molar-refractivity contribution in [2.75, 3.05) is 13.2 Å². The number of carbonyl (C=O) groups excluding carboxylic acids is 1. The summed E-state index contributed by atoms with van der Waals surface area (Å²) in [5.74, 6) is -0.0787.